The van der Waals surface area contributed by atoms with Crippen LogP contribution in [0.4, 0.5) is 0 Å². The lowest BCUT2D eigenvalue weighted by atomic mass is 9.84. The van der Waals surface area contributed by atoms with E-state index in [9.17, 15) is 0 Å². The van der Waals surface area contributed by atoms with Crippen LogP contribution in [0.15, 0.2) is 29.6 Å². The molecule has 0 bridgehead atoms. The maximum absolute atomic E-state index is 6.18. The fourth-order valence-corrected chi connectivity index (χ4v) is 4.27. The van der Waals surface area contributed by atoms with E-state index >= 15 is 0 Å². The normalized spacial score (nSPS) is 13.7. The third-order valence-corrected chi connectivity index (χ3v) is 5.61. The molecule has 21 heavy (non-hydrogen) atoms. The Hall–Kier alpha value is -0.900. The fraction of sp³-hybridized carbons (Fsp3) is 0.556. The van der Waals surface area contributed by atoms with E-state index in [4.69, 9.17) is 4.74 Å². The molecule has 0 saturated carbocycles. The molecular weight excluding hydrogens is 278 g/mol. The van der Waals surface area contributed by atoms with Crippen molar-refractivity contribution in [2.75, 3.05) is 13.7 Å². The number of nitrogens with one attached hydrogen (secondary N) is 1. The van der Waals surface area contributed by atoms with Crippen LogP contribution in [0.2, 0.25) is 0 Å². The highest BCUT2D eigenvalue weighted by molar-refractivity contribution is 7.17. The zero-order valence-corrected chi connectivity index (χ0v) is 14.4. The largest absolute Gasteiger partial charge is 0.374 e. The van der Waals surface area contributed by atoms with Crippen LogP contribution < -0.4 is 5.32 Å². The van der Waals surface area contributed by atoms with Crippen molar-refractivity contribution in [1.82, 2.24) is 5.32 Å². The van der Waals surface area contributed by atoms with Crippen LogP contribution >= 0.6 is 11.3 Å². The minimum Gasteiger partial charge on any atom is -0.374 e. The Morgan fingerprint density at radius 1 is 1.19 bits per heavy atom. The Morgan fingerprint density at radius 3 is 2.52 bits per heavy atom. The topological polar surface area (TPSA) is 21.3 Å². The van der Waals surface area contributed by atoms with Crippen molar-refractivity contribution in [1.29, 1.82) is 0 Å². The van der Waals surface area contributed by atoms with E-state index in [0.717, 1.165) is 25.9 Å². The SMILES string of the molecule is CCOC(CC)(CC)C(Cc1csc2ccccc12)NC. The third-order valence-electron chi connectivity index (χ3n) is 4.60. The van der Waals surface area contributed by atoms with Crippen molar-refractivity contribution in [3.05, 3.63) is 35.2 Å². The average Bonchev–Trinajstić information content (AvgIpc) is 2.94. The molecule has 0 saturated heterocycles. The molecule has 116 valence electrons. The Kier molecular flexibility index (Phi) is 5.80. The number of hydrogen-bond donors (Lipinski definition) is 1. The minimum absolute atomic E-state index is 0.0768. The Morgan fingerprint density at radius 2 is 1.90 bits per heavy atom. The molecule has 0 aliphatic rings. The van der Waals surface area contributed by atoms with Crippen molar-refractivity contribution < 1.29 is 4.74 Å². The third kappa shape index (κ3) is 3.31. The molecule has 3 heteroatoms. The number of rotatable bonds is 8. The Labute approximate surface area is 132 Å². The van der Waals surface area contributed by atoms with Gasteiger partial charge in [-0.25, -0.2) is 0 Å². The van der Waals surface area contributed by atoms with E-state index in [-0.39, 0.29) is 5.60 Å². The van der Waals surface area contributed by atoms with Gasteiger partial charge in [-0.2, -0.15) is 0 Å². The molecule has 1 aromatic carbocycles. The standard InChI is InChI=1S/C18H27NOS/c1-5-18(6-2,20-7-3)17(19-4)12-14-13-21-16-11-9-8-10-15(14)16/h8-11,13,17,19H,5-7,12H2,1-4H3. The first-order chi connectivity index (χ1) is 10.2. The van der Waals surface area contributed by atoms with Crippen LogP contribution in [-0.2, 0) is 11.2 Å². The van der Waals surface area contributed by atoms with Gasteiger partial charge in [0.05, 0.1) is 5.60 Å². The smallest absolute Gasteiger partial charge is 0.0832 e. The van der Waals surface area contributed by atoms with Gasteiger partial charge in [0.15, 0.2) is 0 Å². The summed E-state index contributed by atoms with van der Waals surface area (Å²) in [6.07, 6.45) is 3.08. The van der Waals surface area contributed by atoms with Crippen LogP contribution in [-0.4, -0.2) is 25.3 Å². The lowest BCUT2D eigenvalue weighted by Crippen LogP contribution is -2.52. The summed E-state index contributed by atoms with van der Waals surface area (Å²) in [5.74, 6) is 0. The summed E-state index contributed by atoms with van der Waals surface area (Å²) in [5.41, 5.74) is 1.35. The van der Waals surface area contributed by atoms with Gasteiger partial charge in [-0.3, -0.25) is 0 Å². The second kappa shape index (κ2) is 7.39. The van der Waals surface area contributed by atoms with E-state index in [2.05, 4.69) is 62.8 Å². The van der Waals surface area contributed by atoms with Gasteiger partial charge in [-0.15, -0.1) is 11.3 Å². The van der Waals surface area contributed by atoms with Gasteiger partial charge in [-0.1, -0.05) is 32.0 Å². The summed E-state index contributed by atoms with van der Waals surface area (Å²) < 4.78 is 7.56. The van der Waals surface area contributed by atoms with E-state index in [1.807, 2.05) is 11.3 Å². The first-order valence-electron chi connectivity index (χ1n) is 7.97. The quantitative estimate of drug-likeness (QED) is 0.768. The molecule has 2 nitrogen and oxygen atoms in total. The van der Waals surface area contributed by atoms with Gasteiger partial charge in [-0.05, 0) is 55.6 Å². The first-order valence-corrected chi connectivity index (χ1v) is 8.85. The molecule has 1 atom stereocenters. The summed E-state index contributed by atoms with van der Waals surface area (Å²) >= 11 is 1.84. The maximum atomic E-state index is 6.18. The Bertz CT molecular complexity index is 559. The van der Waals surface area contributed by atoms with Crippen molar-refractivity contribution in [2.24, 2.45) is 0 Å². The molecule has 0 fully saturated rings. The molecule has 0 spiro atoms. The van der Waals surface area contributed by atoms with Gasteiger partial charge < -0.3 is 10.1 Å². The van der Waals surface area contributed by atoms with Crippen LogP contribution in [0, 0.1) is 0 Å². The van der Waals surface area contributed by atoms with Gasteiger partial charge >= 0.3 is 0 Å². The van der Waals surface area contributed by atoms with Crippen molar-refractivity contribution in [3.8, 4) is 0 Å². The summed E-state index contributed by atoms with van der Waals surface area (Å²) in [4.78, 5) is 0. The first kappa shape index (κ1) is 16.5. The fourth-order valence-electron chi connectivity index (χ4n) is 3.30. The van der Waals surface area contributed by atoms with E-state index < -0.39 is 0 Å². The molecular formula is C18H27NOS. The summed E-state index contributed by atoms with van der Waals surface area (Å²) in [6.45, 7) is 7.32. The molecule has 0 aliphatic heterocycles. The van der Waals surface area contributed by atoms with Crippen LogP contribution in [0.25, 0.3) is 10.1 Å². The van der Waals surface area contributed by atoms with Crippen molar-refractivity contribution in [3.63, 3.8) is 0 Å². The molecule has 2 aromatic rings. The van der Waals surface area contributed by atoms with Crippen molar-refractivity contribution >= 4 is 21.4 Å². The van der Waals surface area contributed by atoms with Crippen LogP contribution in [0.5, 0.6) is 0 Å². The lowest BCUT2D eigenvalue weighted by molar-refractivity contribution is -0.0703. The molecule has 1 N–H and O–H groups in total. The highest BCUT2D eigenvalue weighted by atomic mass is 32.1. The molecule has 2 rings (SSSR count). The molecule has 0 aliphatic carbocycles. The second-order valence-corrected chi connectivity index (χ2v) is 6.42. The molecule has 0 radical (unpaired) electrons. The summed E-state index contributed by atoms with van der Waals surface area (Å²) in [6, 6.07) is 9.01. The summed E-state index contributed by atoms with van der Waals surface area (Å²) in [5, 5.41) is 7.20. The number of ether oxygens (including phenoxy) is 1. The second-order valence-electron chi connectivity index (χ2n) is 5.51. The minimum atomic E-state index is -0.0768. The highest BCUT2D eigenvalue weighted by Gasteiger charge is 2.35. The number of hydrogen-bond acceptors (Lipinski definition) is 3. The van der Waals surface area contributed by atoms with E-state index in [1.54, 1.807) is 0 Å². The van der Waals surface area contributed by atoms with E-state index in [1.165, 1.54) is 15.6 Å². The summed E-state index contributed by atoms with van der Waals surface area (Å²) in [7, 11) is 2.05. The number of thiophene rings is 1. The number of benzene rings is 1. The Balaban J connectivity index is 2.29. The predicted molar refractivity (Wildman–Crippen MR) is 93.3 cm³/mol. The van der Waals surface area contributed by atoms with Crippen LogP contribution in [0.3, 0.4) is 0 Å². The van der Waals surface area contributed by atoms with Gasteiger partial charge in [0.2, 0.25) is 0 Å². The zero-order chi connectivity index (χ0) is 15.3. The monoisotopic (exact) mass is 305 g/mol. The molecule has 0 amide bonds. The number of fused-ring (bicyclic) bond motifs is 1. The van der Waals surface area contributed by atoms with Gasteiger partial charge in [0.1, 0.15) is 0 Å². The average molecular weight is 305 g/mol. The van der Waals surface area contributed by atoms with E-state index in [0.29, 0.717) is 6.04 Å². The molecule has 1 unspecified atom stereocenters. The lowest BCUT2D eigenvalue weighted by Gasteiger charge is -2.39. The zero-order valence-electron chi connectivity index (χ0n) is 13.6. The van der Waals surface area contributed by atoms with Crippen molar-refractivity contribution in [2.45, 2.75) is 51.7 Å². The van der Waals surface area contributed by atoms with Gasteiger partial charge in [0, 0.05) is 17.3 Å². The highest BCUT2D eigenvalue weighted by Crippen LogP contribution is 2.31. The van der Waals surface area contributed by atoms with Crippen LogP contribution in [0.1, 0.15) is 39.2 Å². The number of likely N-dealkylation sites (N-methyl/N-ethyl adjacent to an activating group) is 1. The maximum Gasteiger partial charge on any atom is 0.0832 e. The molecule has 1 heterocycles. The predicted octanol–water partition coefficient (Wildman–Crippen LogP) is 4.63. The molecule has 1 aromatic heterocycles. The van der Waals surface area contributed by atoms with Gasteiger partial charge in [0.25, 0.3) is 0 Å².